The zero-order valence-electron chi connectivity index (χ0n) is 15.8. The van der Waals surface area contributed by atoms with E-state index in [0.717, 1.165) is 16.5 Å². The van der Waals surface area contributed by atoms with Gasteiger partial charge in [0.15, 0.2) is 15.0 Å². The zero-order valence-corrected chi connectivity index (χ0v) is 18.2. The molecule has 30 heavy (non-hydrogen) atoms. The van der Waals surface area contributed by atoms with Gasteiger partial charge in [0.25, 0.3) is 5.91 Å². The number of amides is 1. The van der Waals surface area contributed by atoms with Crippen molar-refractivity contribution < 1.29 is 13.2 Å². The monoisotopic (exact) mass is 457 g/mol. The van der Waals surface area contributed by atoms with E-state index in [1.54, 1.807) is 18.3 Å². The van der Waals surface area contributed by atoms with Crippen LogP contribution in [0.3, 0.4) is 0 Å². The molecule has 0 saturated carbocycles. The summed E-state index contributed by atoms with van der Waals surface area (Å²) in [5, 5.41) is 1.10. The van der Waals surface area contributed by atoms with Crippen LogP contribution in [0.15, 0.2) is 71.8 Å². The van der Waals surface area contributed by atoms with Crippen LogP contribution in [0, 0.1) is 0 Å². The number of aromatic nitrogens is 2. The average Bonchev–Trinajstić information content (AvgIpc) is 3.14. The highest BCUT2D eigenvalue weighted by molar-refractivity contribution is 7.90. The summed E-state index contributed by atoms with van der Waals surface area (Å²) in [7, 11) is -3.35. The first kappa shape index (κ1) is 20.5. The number of nitrogens with zero attached hydrogens (tertiary/aromatic N) is 3. The topological polar surface area (TPSA) is 80.2 Å². The van der Waals surface area contributed by atoms with Gasteiger partial charge < -0.3 is 0 Å². The van der Waals surface area contributed by atoms with E-state index in [2.05, 4.69) is 9.97 Å². The number of rotatable bonds is 5. The van der Waals surface area contributed by atoms with Crippen molar-refractivity contribution in [3.05, 3.63) is 83.1 Å². The minimum absolute atomic E-state index is 0.157. The number of pyridine rings is 1. The number of anilines is 1. The van der Waals surface area contributed by atoms with E-state index in [4.69, 9.17) is 11.6 Å². The Labute approximate surface area is 182 Å². The Morgan fingerprint density at radius 2 is 1.87 bits per heavy atom. The molecule has 0 aliphatic heterocycles. The third kappa shape index (κ3) is 4.35. The highest BCUT2D eigenvalue weighted by atomic mass is 35.5. The molecule has 2 aromatic carbocycles. The summed E-state index contributed by atoms with van der Waals surface area (Å²) in [6.07, 6.45) is 2.79. The number of halogens is 1. The Bertz CT molecular complexity index is 1320. The second-order valence-electron chi connectivity index (χ2n) is 6.62. The highest BCUT2D eigenvalue weighted by Crippen LogP contribution is 2.32. The minimum Gasteiger partial charge on any atom is -0.278 e. The van der Waals surface area contributed by atoms with E-state index >= 15 is 0 Å². The summed E-state index contributed by atoms with van der Waals surface area (Å²) in [6.45, 7) is 0.223. The van der Waals surface area contributed by atoms with Crippen LogP contribution < -0.4 is 4.90 Å². The fourth-order valence-electron chi connectivity index (χ4n) is 2.88. The van der Waals surface area contributed by atoms with Crippen LogP contribution in [0.2, 0.25) is 5.02 Å². The fourth-order valence-corrected chi connectivity index (χ4v) is 4.75. The molecule has 1 amide bonds. The smallest absolute Gasteiger partial charge is 0.260 e. The molecule has 0 atom stereocenters. The van der Waals surface area contributed by atoms with E-state index < -0.39 is 9.84 Å². The van der Waals surface area contributed by atoms with Crippen molar-refractivity contribution in [1.29, 1.82) is 0 Å². The number of thiazole rings is 1. The van der Waals surface area contributed by atoms with Crippen molar-refractivity contribution in [2.24, 2.45) is 0 Å². The Balaban J connectivity index is 1.75. The molecular weight excluding hydrogens is 442 g/mol. The van der Waals surface area contributed by atoms with Crippen molar-refractivity contribution in [1.82, 2.24) is 9.97 Å². The lowest BCUT2D eigenvalue weighted by molar-refractivity contribution is 0.0984. The molecule has 4 rings (SSSR count). The Morgan fingerprint density at radius 3 is 2.53 bits per heavy atom. The quantitative estimate of drug-likeness (QED) is 0.437. The molecule has 0 unspecified atom stereocenters. The van der Waals surface area contributed by atoms with Crippen LogP contribution in [-0.4, -0.2) is 30.5 Å². The molecule has 0 bridgehead atoms. The SMILES string of the molecule is CS(=O)(=O)c1ccc(C(=O)N(Cc2ccccn2)c2nc3ccc(Cl)cc3s2)cc1. The van der Waals surface area contributed by atoms with Crippen molar-refractivity contribution in [2.75, 3.05) is 11.2 Å². The molecule has 0 radical (unpaired) electrons. The predicted octanol–water partition coefficient (Wildman–Crippen LogP) is 4.60. The van der Waals surface area contributed by atoms with Crippen molar-refractivity contribution in [3.63, 3.8) is 0 Å². The first-order valence-electron chi connectivity index (χ1n) is 8.89. The van der Waals surface area contributed by atoms with Gasteiger partial charge in [0.2, 0.25) is 0 Å². The molecule has 0 spiro atoms. The number of carbonyl (C=O) groups excluding carboxylic acids is 1. The van der Waals surface area contributed by atoms with Crippen molar-refractivity contribution >= 4 is 54.0 Å². The molecule has 4 aromatic rings. The molecule has 0 saturated heterocycles. The van der Waals surface area contributed by atoms with E-state index in [1.165, 1.54) is 40.5 Å². The first-order valence-corrected chi connectivity index (χ1v) is 12.0. The standard InChI is InChI=1S/C21H16ClN3O3S2/c1-30(27,28)17-8-5-14(6-9-17)20(26)25(13-16-4-2-3-11-23-16)21-24-18-10-7-15(22)12-19(18)29-21/h2-12H,13H2,1H3. The lowest BCUT2D eigenvalue weighted by Crippen LogP contribution is -2.30. The predicted molar refractivity (Wildman–Crippen MR) is 119 cm³/mol. The number of sulfone groups is 1. The molecule has 0 aliphatic rings. The number of hydrogen-bond acceptors (Lipinski definition) is 6. The van der Waals surface area contributed by atoms with Gasteiger partial charge in [-0.1, -0.05) is 29.0 Å². The number of fused-ring (bicyclic) bond motifs is 1. The van der Waals surface area contributed by atoms with Crippen LogP contribution >= 0.6 is 22.9 Å². The van der Waals surface area contributed by atoms with Crippen molar-refractivity contribution in [3.8, 4) is 0 Å². The van der Waals surface area contributed by atoms with Gasteiger partial charge in [-0.25, -0.2) is 13.4 Å². The summed E-state index contributed by atoms with van der Waals surface area (Å²) in [5.41, 5.74) is 1.80. The van der Waals surface area contributed by atoms with Gasteiger partial charge in [-0.2, -0.15) is 0 Å². The second-order valence-corrected chi connectivity index (χ2v) is 10.1. The van der Waals surface area contributed by atoms with Crippen molar-refractivity contribution in [2.45, 2.75) is 11.4 Å². The largest absolute Gasteiger partial charge is 0.278 e. The minimum atomic E-state index is -3.35. The number of hydrogen-bond donors (Lipinski definition) is 0. The molecule has 0 N–H and O–H groups in total. The average molecular weight is 458 g/mol. The lowest BCUT2D eigenvalue weighted by atomic mass is 10.2. The normalized spacial score (nSPS) is 11.5. The van der Waals surface area contributed by atoms with Gasteiger partial charge >= 0.3 is 0 Å². The zero-order chi connectivity index (χ0) is 21.3. The second kappa shape index (κ2) is 8.14. The van der Waals surface area contributed by atoms with E-state index in [0.29, 0.717) is 21.4 Å². The summed E-state index contributed by atoms with van der Waals surface area (Å²) in [4.78, 5) is 24.0. The van der Waals surface area contributed by atoms with Crippen LogP contribution in [-0.2, 0) is 16.4 Å². The van der Waals surface area contributed by atoms with Gasteiger partial charge in [0.05, 0.1) is 27.4 Å². The lowest BCUT2D eigenvalue weighted by Gasteiger charge is -2.19. The van der Waals surface area contributed by atoms with Gasteiger partial charge in [-0.05, 0) is 54.6 Å². The molecule has 9 heteroatoms. The Morgan fingerprint density at radius 1 is 1.10 bits per heavy atom. The van der Waals surface area contributed by atoms with Crippen LogP contribution in [0.25, 0.3) is 10.2 Å². The molecule has 0 fully saturated rings. The summed E-state index contributed by atoms with van der Waals surface area (Å²) in [5.74, 6) is -0.300. The molecule has 152 valence electrons. The Hall–Kier alpha value is -2.81. The maximum Gasteiger partial charge on any atom is 0.260 e. The fraction of sp³-hybridized carbons (Fsp3) is 0.0952. The summed E-state index contributed by atoms with van der Waals surface area (Å²) >= 11 is 7.44. The molecule has 2 aromatic heterocycles. The summed E-state index contributed by atoms with van der Waals surface area (Å²) < 4.78 is 24.3. The third-order valence-electron chi connectivity index (χ3n) is 4.39. The van der Waals surface area contributed by atoms with Gasteiger partial charge in [0.1, 0.15) is 0 Å². The molecule has 6 nitrogen and oxygen atoms in total. The molecule has 0 aliphatic carbocycles. The highest BCUT2D eigenvalue weighted by Gasteiger charge is 2.23. The van der Waals surface area contributed by atoms with Gasteiger partial charge in [-0.3, -0.25) is 14.7 Å². The maximum atomic E-state index is 13.3. The number of benzene rings is 2. The summed E-state index contributed by atoms with van der Waals surface area (Å²) in [6, 6.07) is 16.7. The number of carbonyl (C=O) groups is 1. The Kier molecular flexibility index (Phi) is 5.55. The van der Waals surface area contributed by atoms with E-state index in [9.17, 15) is 13.2 Å². The van der Waals surface area contributed by atoms with Gasteiger partial charge in [-0.15, -0.1) is 0 Å². The van der Waals surface area contributed by atoms with Crippen LogP contribution in [0.5, 0.6) is 0 Å². The van der Waals surface area contributed by atoms with E-state index in [-0.39, 0.29) is 17.3 Å². The molecular formula is C21H16ClN3O3S2. The molecule has 2 heterocycles. The third-order valence-corrected chi connectivity index (χ3v) is 6.80. The maximum absolute atomic E-state index is 13.3. The van der Waals surface area contributed by atoms with E-state index in [1.807, 2.05) is 24.3 Å². The van der Waals surface area contributed by atoms with Crippen LogP contribution in [0.4, 0.5) is 5.13 Å². The van der Waals surface area contributed by atoms with Gasteiger partial charge in [0, 0.05) is 23.0 Å². The van der Waals surface area contributed by atoms with Crippen LogP contribution in [0.1, 0.15) is 16.1 Å². The first-order chi connectivity index (χ1) is 14.3.